The van der Waals surface area contributed by atoms with Gasteiger partial charge in [0.2, 0.25) is 0 Å². The maximum Gasteiger partial charge on any atom is 0.0534 e. The van der Waals surface area contributed by atoms with Crippen LogP contribution in [0.15, 0.2) is 132 Å². The van der Waals surface area contributed by atoms with E-state index in [0.29, 0.717) is 0 Å². The molecule has 742 valence electrons. The molecule has 0 atom stereocenters. The fourth-order valence-corrected chi connectivity index (χ4v) is 27.2. The molecule has 0 unspecified atom stereocenters. The van der Waals surface area contributed by atoms with Gasteiger partial charge in [-0.05, 0) is 253 Å². The van der Waals surface area contributed by atoms with E-state index in [4.69, 9.17) is 0 Å². The van der Waals surface area contributed by atoms with Crippen molar-refractivity contribution in [1.82, 2.24) is 0 Å². The monoisotopic (exact) mass is 1910 g/mol. The Morgan fingerprint density at radius 2 is 0.311 bits per heavy atom. The summed E-state index contributed by atoms with van der Waals surface area (Å²) in [6.45, 7) is 23.7. The molecule has 0 aliphatic carbocycles. The first kappa shape index (κ1) is 112. The highest BCUT2D eigenvalue weighted by Gasteiger charge is 2.30. The molecule has 0 N–H and O–H groups in total. The topological polar surface area (TPSA) is 0 Å². The molecule has 0 nitrogen and oxygen atoms in total. The highest BCUT2D eigenvalue weighted by Crippen LogP contribution is 2.58. The summed E-state index contributed by atoms with van der Waals surface area (Å²) in [6, 6.07) is 53.4. The van der Waals surface area contributed by atoms with Crippen LogP contribution in [0.3, 0.4) is 0 Å². The van der Waals surface area contributed by atoms with Crippen molar-refractivity contribution in [2.75, 3.05) is 0 Å². The number of aryl methyl sites for hydroxylation is 10. The molecule has 0 fully saturated rings. The molecule has 135 heavy (non-hydrogen) atoms. The molecule has 0 radical (unpaired) electrons. The van der Waals surface area contributed by atoms with Gasteiger partial charge in [-0.25, -0.2) is 0 Å². The maximum absolute atomic E-state index is 2.86. The highest BCUT2D eigenvalue weighted by atomic mass is 32.1. The summed E-state index contributed by atoms with van der Waals surface area (Å²) in [5.41, 5.74) is 30.3. The van der Waals surface area contributed by atoms with Crippen molar-refractivity contribution in [2.45, 2.75) is 519 Å². The zero-order valence-electron chi connectivity index (χ0n) is 88.2. The minimum Gasteiger partial charge on any atom is -0.142 e. The average Bonchev–Trinajstić information content (AvgIpc) is 1.58. The Bertz CT molecular complexity index is 4770. The smallest absolute Gasteiger partial charge is 0.0534 e. The van der Waals surface area contributed by atoms with Crippen molar-refractivity contribution in [3.05, 3.63) is 188 Å². The number of hydrogen-bond acceptors (Lipinski definition) is 5. The summed E-state index contributed by atoms with van der Waals surface area (Å²) < 4.78 is 0. The van der Waals surface area contributed by atoms with E-state index in [1.165, 1.54) is 508 Å². The largest absolute Gasteiger partial charge is 0.142 e. The second-order valence-corrected chi connectivity index (χ2v) is 46.5. The summed E-state index contributed by atoms with van der Waals surface area (Å²) in [5, 5.41) is 4.97. The van der Waals surface area contributed by atoms with E-state index in [1.54, 1.807) is 27.8 Å². The average molecular weight is 1920 g/mol. The van der Waals surface area contributed by atoms with E-state index in [2.05, 4.69) is 235 Å². The lowest BCUT2D eigenvalue weighted by atomic mass is 9.89. The van der Waals surface area contributed by atoms with Crippen molar-refractivity contribution in [1.29, 1.82) is 0 Å². The standard InChI is InChI=1S/C130H192S5/c1-11-21-31-41-51-61-71-103-81-86-108(76-66-56-46-36-26-16-6)115(95-103)113-91-93-131-126(113)123-100-120(117-97-105(73-63-53-43-33-23-13-3)83-88-110(117)78-68-58-48-38-28-18-8)128(133-123)125-102-122(119-99-107(75-65-55-45-35-25-15-5)85-90-112(119)80-70-60-50-40-30-20-10)130(135-125)129-121(118-98-106(74-64-54-44-34-24-14-4)84-89-111(118)79-69-59-49-39-29-19-9)101-124(134-129)127-114(92-94-132-127)116-96-104(72-62-52-42-32-22-12-2)82-87-109(116)77-67-57-47-37-27-17-7/h81-102H,11-80H2,1-10H3. The molecular weight excluding hydrogens is 1720 g/mol. The molecule has 0 spiro atoms. The van der Waals surface area contributed by atoms with Crippen molar-refractivity contribution >= 4 is 56.7 Å². The third-order valence-electron chi connectivity index (χ3n) is 29.8. The highest BCUT2D eigenvalue weighted by molar-refractivity contribution is 7.30. The minimum absolute atomic E-state index is 1.11. The summed E-state index contributed by atoms with van der Waals surface area (Å²) >= 11 is 10.6. The van der Waals surface area contributed by atoms with Crippen LogP contribution < -0.4 is 0 Å². The molecule has 0 saturated carbocycles. The van der Waals surface area contributed by atoms with Gasteiger partial charge in [-0.3, -0.25) is 0 Å². The van der Waals surface area contributed by atoms with Gasteiger partial charge < -0.3 is 0 Å². The summed E-state index contributed by atoms with van der Waals surface area (Å²) in [6.07, 6.45) is 90.1. The lowest BCUT2D eigenvalue weighted by molar-refractivity contribution is 0.606. The third kappa shape index (κ3) is 38.4. The fourth-order valence-electron chi connectivity index (χ4n) is 21.3. The van der Waals surface area contributed by atoms with E-state index >= 15 is 0 Å². The van der Waals surface area contributed by atoms with Crippen LogP contribution in [0.25, 0.3) is 94.7 Å². The van der Waals surface area contributed by atoms with Crippen LogP contribution in [0.5, 0.6) is 0 Å². The maximum atomic E-state index is 2.86. The first-order chi connectivity index (χ1) is 66.7. The van der Waals surface area contributed by atoms with E-state index in [0.717, 1.165) is 64.2 Å². The zero-order valence-corrected chi connectivity index (χ0v) is 92.3. The molecule has 0 aliphatic heterocycles. The second-order valence-electron chi connectivity index (χ2n) is 41.5. The number of unbranched alkanes of at least 4 members (excludes halogenated alkanes) is 50. The van der Waals surface area contributed by atoms with Crippen molar-refractivity contribution in [3.63, 3.8) is 0 Å². The van der Waals surface area contributed by atoms with Crippen molar-refractivity contribution in [2.24, 2.45) is 0 Å². The minimum atomic E-state index is 1.11. The van der Waals surface area contributed by atoms with E-state index in [1.807, 2.05) is 22.7 Å². The van der Waals surface area contributed by atoms with Crippen LogP contribution in [0, 0.1) is 0 Å². The molecule has 5 aromatic carbocycles. The van der Waals surface area contributed by atoms with Crippen LogP contribution in [0.2, 0.25) is 0 Å². The molecule has 0 aliphatic rings. The van der Waals surface area contributed by atoms with Crippen LogP contribution in [-0.2, 0) is 64.2 Å². The lowest BCUT2D eigenvalue weighted by Crippen LogP contribution is -1.96. The van der Waals surface area contributed by atoms with Gasteiger partial charge in [0.1, 0.15) is 0 Å². The Morgan fingerprint density at radius 3 is 0.526 bits per heavy atom. The Hall–Kier alpha value is -5.40. The van der Waals surface area contributed by atoms with Gasteiger partial charge in [-0.15, -0.1) is 56.7 Å². The molecule has 10 rings (SSSR count). The van der Waals surface area contributed by atoms with Gasteiger partial charge in [-0.1, -0.05) is 481 Å². The van der Waals surface area contributed by atoms with Gasteiger partial charge in [-0.2, -0.15) is 0 Å². The summed E-state index contributed by atoms with van der Waals surface area (Å²) in [4.78, 5) is 11.8. The summed E-state index contributed by atoms with van der Waals surface area (Å²) in [5.74, 6) is 0. The second kappa shape index (κ2) is 67.9. The fraction of sp³-hybridized carbons (Fsp3) is 0.615. The summed E-state index contributed by atoms with van der Waals surface area (Å²) in [7, 11) is 0. The first-order valence-corrected chi connectivity index (χ1v) is 62.1. The van der Waals surface area contributed by atoms with Crippen LogP contribution in [0.4, 0.5) is 0 Å². The molecular formula is C130H192S5. The Labute approximate surface area is 850 Å². The van der Waals surface area contributed by atoms with Gasteiger partial charge in [0.25, 0.3) is 0 Å². The molecule has 10 aromatic rings. The SMILES string of the molecule is CCCCCCCCc1ccc(CCCCCCCC)c(-c2ccsc2-c2cc(-c3cc(CCCCCCCC)ccc3CCCCCCCC)c(-c3cc(-c4cc(CCCCCCCC)ccc4CCCCCCCC)c(-c4sc(-c5sccc5-c5cc(CCCCCCCC)ccc5CCCCCCCC)cc4-c4cc(CCCCCCCC)ccc4CCCCCCCC)s3)s2)c1. The Balaban J connectivity index is 1.29. The normalized spacial score (nSPS) is 11.8. The van der Waals surface area contributed by atoms with E-state index < -0.39 is 0 Å². The van der Waals surface area contributed by atoms with Crippen LogP contribution in [-0.4, -0.2) is 0 Å². The molecule has 0 amide bonds. The zero-order chi connectivity index (χ0) is 94.8. The van der Waals surface area contributed by atoms with Gasteiger partial charge in [0, 0.05) is 42.4 Å². The van der Waals surface area contributed by atoms with Gasteiger partial charge >= 0.3 is 0 Å². The first-order valence-electron chi connectivity index (χ1n) is 57.9. The van der Waals surface area contributed by atoms with E-state index in [-0.39, 0.29) is 0 Å². The van der Waals surface area contributed by atoms with Crippen molar-refractivity contribution in [3.8, 4) is 94.7 Å². The van der Waals surface area contributed by atoms with Crippen LogP contribution in [0.1, 0.15) is 510 Å². The predicted octanol–water partition coefficient (Wildman–Crippen LogP) is 46.0. The van der Waals surface area contributed by atoms with Crippen molar-refractivity contribution < 1.29 is 0 Å². The number of rotatable bonds is 79. The molecule has 5 heteroatoms. The number of thiophene rings is 5. The quantitative estimate of drug-likeness (QED) is 0.0333. The Kier molecular flexibility index (Phi) is 56.1. The molecule has 0 bridgehead atoms. The molecule has 0 saturated heterocycles. The van der Waals surface area contributed by atoms with Crippen LogP contribution >= 0.6 is 56.7 Å². The predicted molar refractivity (Wildman–Crippen MR) is 616 cm³/mol. The van der Waals surface area contributed by atoms with E-state index in [9.17, 15) is 0 Å². The molecule has 5 heterocycles. The Morgan fingerprint density at radius 1 is 0.141 bits per heavy atom. The lowest BCUT2D eigenvalue weighted by Gasteiger charge is -2.16. The number of hydrogen-bond donors (Lipinski definition) is 0. The number of benzene rings is 5. The van der Waals surface area contributed by atoms with Gasteiger partial charge in [0.05, 0.1) is 24.4 Å². The third-order valence-corrected chi connectivity index (χ3v) is 35.8. The molecule has 5 aromatic heterocycles. The van der Waals surface area contributed by atoms with Gasteiger partial charge in [0.15, 0.2) is 0 Å².